The molecule has 1 fully saturated rings. The highest BCUT2D eigenvalue weighted by molar-refractivity contribution is 9.10. The van der Waals surface area contributed by atoms with Crippen molar-refractivity contribution in [3.63, 3.8) is 0 Å². The molecule has 1 saturated heterocycles. The summed E-state index contributed by atoms with van der Waals surface area (Å²) in [6.45, 7) is 3.91. The maximum atomic E-state index is 11.7. The zero-order valence-electron chi connectivity index (χ0n) is 10.5. The average molecular weight is 315 g/mol. The lowest BCUT2D eigenvalue weighted by atomic mass is 10.2. The number of rotatable bonds is 4. The average Bonchev–Trinajstić information content (AvgIpc) is 2.63. The Morgan fingerprint density at radius 3 is 2.61 bits per heavy atom. The molecule has 1 amide bonds. The van der Waals surface area contributed by atoms with Crippen molar-refractivity contribution in [2.24, 2.45) is 0 Å². The number of carbonyl (C=O) groups is 1. The third-order valence-corrected chi connectivity index (χ3v) is 3.64. The summed E-state index contributed by atoms with van der Waals surface area (Å²) in [6.07, 6.45) is 5.23. The Hall–Kier alpha value is -0.810. The molecule has 4 nitrogen and oxygen atoms in total. The summed E-state index contributed by atoms with van der Waals surface area (Å²) in [5.41, 5.74) is 0. The number of furan rings is 1. The lowest BCUT2D eigenvalue weighted by molar-refractivity contribution is 0.0919. The summed E-state index contributed by atoms with van der Waals surface area (Å²) in [5, 5.41) is 2.88. The fourth-order valence-corrected chi connectivity index (χ4v) is 2.52. The molecule has 1 aromatic rings. The zero-order valence-corrected chi connectivity index (χ0v) is 12.0. The Labute approximate surface area is 116 Å². The van der Waals surface area contributed by atoms with Gasteiger partial charge in [0.25, 0.3) is 5.91 Å². The van der Waals surface area contributed by atoms with Crippen LogP contribution in [0.1, 0.15) is 36.2 Å². The van der Waals surface area contributed by atoms with E-state index in [0.717, 1.165) is 19.6 Å². The van der Waals surface area contributed by atoms with Gasteiger partial charge in [-0.3, -0.25) is 4.79 Å². The van der Waals surface area contributed by atoms with Crippen molar-refractivity contribution in [3.8, 4) is 0 Å². The van der Waals surface area contributed by atoms with Crippen molar-refractivity contribution < 1.29 is 9.21 Å². The van der Waals surface area contributed by atoms with Gasteiger partial charge in [-0.1, -0.05) is 12.8 Å². The second-order valence-electron chi connectivity index (χ2n) is 4.62. The largest absolute Gasteiger partial charge is 0.444 e. The minimum atomic E-state index is -0.143. The predicted molar refractivity (Wildman–Crippen MR) is 73.6 cm³/mol. The minimum absolute atomic E-state index is 0.143. The molecule has 1 N–H and O–H groups in total. The van der Waals surface area contributed by atoms with Crippen molar-refractivity contribution in [3.05, 3.63) is 22.6 Å². The molecule has 0 aromatic carbocycles. The summed E-state index contributed by atoms with van der Waals surface area (Å²) >= 11 is 3.18. The molecule has 0 spiro atoms. The van der Waals surface area contributed by atoms with Crippen LogP contribution in [0.2, 0.25) is 0 Å². The molecule has 0 radical (unpaired) electrons. The second kappa shape index (κ2) is 6.95. The first-order valence-electron chi connectivity index (χ1n) is 6.51. The van der Waals surface area contributed by atoms with Crippen LogP contribution in [0, 0.1) is 0 Å². The zero-order chi connectivity index (χ0) is 12.8. The minimum Gasteiger partial charge on any atom is -0.444 e. The van der Waals surface area contributed by atoms with Gasteiger partial charge < -0.3 is 14.6 Å². The van der Waals surface area contributed by atoms with E-state index < -0.39 is 0 Å². The molecule has 100 valence electrons. The van der Waals surface area contributed by atoms with E-state index in [-0.39, 0.29) is 5.91 Å². The topological polar surface area (TPSA) is 45.5 Å². The highest BCUT2D eigenvalue weighted by Gasteiger charge is 2.11. The van der Waals surface area contributed by atoms with Crippen molar-refractivity contribution in [1.82, 2.24) is 10.2 Å². The van der Waals surface area contributed by atoms with Crippen LogP contribution in [-0.2, 0) is 0 Å². The van der Waals surface area contributed by atoms with E-state index in [1.165, 1.54) is 25.7 Å². The molecule has 1 aliphatic rings. The first kappa shape index (κ1) is 13.6. The van der Waals surface area contributed by atoms with Gasteiger partial charge >= 0.3 is 0 Å². The van der Waals surface area contributed by atoms with Crippen molar-refractivity contribution in [2.45, 2.75) is 25.7 Å². The molecule has 0 unspecified atom stereocenters. The lowest BCUT2D eigenvalue weighted by Crippen LogP contribution is -2.35. The number of halogens is 1. The summed E-state index contributed by atoms with van der Waals surface area (Å²) in [5.74, 6) is 0.216. The number of hydrogen-bond donors (Lipinski definition) is 1. The quantitative estimate of drug-likeness (QED) is 0.929. The second-order valence-corrected chi connectivity index (χ2v) is 5.40. The van der Waals surface area contributed by atoms with Crippen LogP contribution in [0.25, 0.3) is 0 Å². The van der Waals surface area contributed by atoms with Crippen LogP contribution in [0.15, 0.2) is 21.2 Å². The molecule has 2 rings (SSSR count). The van der Waals surface area contributed by atoms with Crippen LogP contribution in [0.5, 0.6) is 0 Å². The van der Waals surface area contributed by atoms with Crippen LogP contribution < -0.4 is 5.32 Å². The van der Waals surface area contributed by atoms with Gasteiger partial charge in [0.15, 0.2) is 10.4 Å². The standard InChI is InChI=1S/C13H19BrN2O2/c14-12-6-5-11(18-12)13(17)15-7-10-16-8-3-1-2-4-9-16/h5-6H,1-4,7-10H2,(H,15,17). The number of amides is 1. The van der Waals surface area contributed by atoms with E-state index in [4.69, 9.17) is 4.42 Å². The number of nitrogens with one attached hydrogen (secondary N) is 1. The Morgan fingerprint density at radius 2 is 2.00 bits per heavy atom. The van der Waals surface area contributed by atoms with E-state index >= 15 is 0 Å². The number of carbonyl (C=O) groups excluding carboxylic acids is 1. The van der Waals surface area contributed by atoms with E-state index in [1.54, 1.807) is 12.1 Å². The highest BCUT2D eigenvalue weighted by Crippen LogP contribution is 2.13. The molecule has 18 heavy (non-hydrogen) atoms. The Balaban J connectivity index is 1.69. The van der Waals surface area contributed by atoms with E-state index in [1.807, 2.05) is 0 Å². The summed E-state index contributed by atoms with van der Waals surface area (Å²) in [7, 11) is 0. The maximum absolute atomic E-state index is 11.7. The number of likely N-dealkylation sites (tertiary alicyclic amines) is 1. The molecular formula is C13H19BrN2O2. The molecule has 0 saturated carbocycles. The molecule has 0 aliphatic carbocycles. The normalized spacial score (nSPS) is 17.4. The van der Waals surface area contributed by atoms with Crippen molar-refractivity contribution in [2.75, 3.05) is 26.2 Å². The summed E-state index contributed by atoms with van der Waals surface area (Å²) in [4.78, 5) is 14.1. The third kappa shape index (κ3) is 4.14. The molecule has 1 aliphatic heterocycles. The first-order chi connectivity index (χ1) is 8.75. The van der Waals surface area contributed by atoms with Crippen molar-refractivity contribution >= 4 is 21.8 Å². The monoisotopic (exact) mass is 314 g/mol. The van der Waals surface area contributed by atoms with Gasteiger partial charge in [0.2, 0.25) is 0 Å². The Bertz CT molecular complexity index is 384. The first-order valence-corrected chi connectivity index (χ1v) is 7.31. The van der Waals surface area contributed by atoms with Gasteiger partial charge in [-0.15, -0.1) is 0 Å². The highest BCUT2D eigenvalue weighted by atomic mass is 79.9. The third-order valence-electron chi connectivity index (χ3n) is 3.21. The lowest BCUT2D eigenvalue weighted by Gasteiger charge is -2.19. The SMILES string of the molecule is O=C(NCCN1CCCCCC1)c1ccc(Br)o1. The maximum Gasteiger partial charge on any atom is 0.287 e. The van der Waals surface area contributed by atoms with Gasteiger partial charge in [0, 0.05) is 13.1 Å². The van der Waals surface area contributed by atoms with E-state index in [9.17, 15) is 4.79 Å². The summed E-state index contributed by atoms with van der Waals surface area (Å²) in [6, 6.07) is 3.40. The van der Waals surface area contributed by atoms with Gasteiger partial charge in [0.1, 0.15) is 0 Å². The van der Waals surface area contributed by atoms with Crippen molar-refractivity contribution in [1.29, 1.82) is 0 Å². The molecule has 2 heterocycles. The smallest absolute Gasteiger partial charge is 0.287 e. The fourth-order valence-electron chi connectivity index (χ4n) is 2.21. The predicted octanol–water partition coefficient (Wildman–Crippen LogP) is 2.65. The Morgan fingerprint density at radius 1 is 1.28 bits per heavy atom. The van der Waals surface area contributed by atoms with Crippen LogP contribution in [0.3, 0.4) is 0 Å². The Kier molecular flexibility index (Phi) is 5.26. The van der Waals surface area contributed by atoms with Crippen LogP contribution >= 0.6 is 15.9 Å². The van der Waals surface area contributed by atoms with Crippen LogP contribution in [-0.4, -0.2) is 37.0 Å². The summed E-state index contributed by atoms with van der Waals surface area (Å²) < 4.78 is 5.78. The molecular weight excluding hydrogens is 296 g/mol. The van der Waals surface area contributed by atoms with Gasteiger partial charge in [-0.05, 0) is 54.0 Å². The van der Waals surface area contributed by atoms with Gasteiger partial charge in [0.05, 0.1) is 0 Å². The number of hydrogen-bond acceptors (Lipinski definition) is 3. The van der Waals surface area contributed by atoms with E-state index in [2.05, 4.69) is 26.1 Å². The van der Waals surface area contributed by atoms with Gasteiger partial charge in [-0.2, -0.15) is 0 Å². The molecule has 5 heteroatoms. The molecule has 0 atom stereocenters. The van der Waals surface area contributed by atoms with Crippen LogP contribution in [0.4, 0.5) is 0 Å². The molecule has 1 aromatic heterocycles. The molecule has 0 bridgehead atoms. The fraction of sp³-hybridized carbons (Fsp3) is 0.615. The van der Waals surface area contributed by atoms with E-state index in [0.29, 0.717) is 17.0 Å². The van der Waals surface area contributed by atoms with Gasteiger partial charge in [-0.25, -0.2) is 0 Å². The number of nitrogens with zero attached hydrogens (tertiary/aromatic N) is 1.